The van der Waals surface area contributed by atoms with E-state index in [-0.39, 0.29) is 6.10 Å². The van der Waals surface area contributed by atoms with Crippen LogP contribution in [0.4, 0.5) is 5.82 Å². The van der Waals surface area contributed by atoms with Crippen molar-refractivity contribution < 1.29 is 9.84 Å². The molecule has 2 atom stereocenters. The number of ether oxygens (including phenoxy) is 1. The van der Waals surface area contributed by atoms with Crippen molar-refractivity contribution in [1.82, 2.24) is 9.97 Å². The first-order valence-electron chi connectivity index (χ1n) is 6.05. The second kappa shape index (κ2) is 5.82. The Morgan fingerprint density at radius 3 is 3.00 bits per heavy atom. The lowest BCUT2D eigenvalue weighted by atomic mass is 9.96. The molecule has 1 aromatic heterocycles. The van der Waals surface area contributed by atoms with E-state index in [0.717, 1.165) is 18.8 Å². The monoisotopic (exact) mass is 271 g/mol. The third-order valence-electron chi connectivity index (χ3n) is 3.24. The third kappa shape index (κ3) is 3.10. The second-order valence-corrected chi connectivity index (χ2v) is 5.06. The number of hydrogen-bond acceptors (Lipinski definition) is 5. The van der Waals surface area contributed by atoms with Gasteiger partial charge in [0.05, 0.1) is 6.10 Å². The highest BCUT2D eigenvalue weighted by atomic mass is 35.5. The van der Waals surface area contributed by atoms with E-state index in [4.69, 9.17) is 16.3 Å². The summed E-state index contributed by atoms with van der Waals surface area (Å²) in [6.45, 7) is 3.85. The zero-order valence-corrected chi connectivity index (χ0v) is 11.4. The Morgan fingerprint density at radius 1 is 1.56 bits per heavy atom. The van der Waals surface area contributed by atoms with Crippen molar-refractivity contribution in [2.75, 3.05) is 25.1 Å². The fourth-order valence-corrected chi connectivity index (χ4v) is 2.26. The van der Waals surface area contributed by atoms with Crippen LogP contribution in [-0.4, -0.2) is 41.4 Å². The van der Waals surface area contributed by atoms with Crippen molar-refractivity contribution in [1.29, 1.82) is 0 Å². The molecule has 0 saturated carbocycles. The lowest BCUT2D eigenvalue weighted by molar-refractivity contribution is 0.102. The van der Waals surface area contributed by atoms with Crippen molar-refractivity contribution >= 4 is 17.4 Å². The molecule has 0 spiro atoms. The fraction of sp³-hybridized carbons (Fsp3) is 0.667. The number of piperidine rings is 1. The lowest BCUT2D eigenvalue weighted by Crippen LogP contribution is -2.43. The molecular formula is C12H18ClN3O2. The predicted molar refractivity (Wildman–Crippen MR) is 69.8 cm³/mol. The highest BCUT2D eigenvalue weighted by Gasteiger charge is 2.25. The van der Waals surface area contributed by atoms with Crippen molar-refractivity contribution in [2.24, 2.45) is 5.92 Å². The van der Waals surface area contributed by atoms with Crippen LogP contribution in [0.5, 0.6) is 0 Å². The summed E-state index contributed by atoms with van der Waals surface area (Å²) in [4.78, 5) is 10.5. The number of halogens is 1. The Morgan fingerprint density at radius 2 is 2.33 bits per heavy atom. The van der Waals surface area contributed by atoms with Crippen LogP contribution in [0.15, 0.2) is 6.07 Å². The van der Waals surface area contributed by atoms with E-state index < -0.39 is 0 Å². The highest BCUT2D eigenvalue weighted by molar-refractivity contribution is 6.29. The molecule has 18 heavy (non-hydrogen) atoms. The summed E-state index contributed by atoms with van der Waals surface area (Å²) in [6.07, 6.45) is 0.626. The molecule has 0 amide bonds. The van der Waals surface area contributed by atoms with Gasteiger partial charge < -0.3 is 14.7 Å². The van der Waals surface area contributed by atoms with Crippen molar-refractivity contribution in [3.05, 3.63) is 17.0 Å². The molecule has 5 nitrogen and oxygen atoms in total. The van der Waals surface area contributed by atoms with Gasteiger partial charge in [0.15, 0.2) is 5.82 Å². The Kier molecular flexibility index (Phi) is 4.37. The number of β-amino-alcohol motifs (C(OH)–C–C–N with tert-alkyl or cyclic N) is 1. The summed E-state index contributed by atoms with van der Waals surface area (Å²) in [7, 11) is 1.59. The molecule has 2 heterocycles. The number of rotatable bonds is 3. The van der Waals surface area contributed by atoms with Crippen molar-refractivity contribution in [2.45, 2.75) is 26.1 Å². The van der Waals surface area contributed by atoms with Gasteiger partial charge in [-0.05, 0) is 12.3 Å². The molecule has 2 unspecified atom stereocenters. The number of anilines is 1. The van der Waals surface area contributed by atoms with Gasteiger partial charge in [-0.25, -0.2) is 9.97 Å². The molecule has 1 aliphatic heterocycles. The summed E-state index contributed by atoms with van der Waals surface area (Å²) in [5.41, 5.74) is 0. The van der Waals surface area contributed by atoms with Gasteiger partial charge in [0.25, 0.3) is 0 Å². The SMILES string of the molecule is COCc1nc(Cl)cc(N2CCC(C)C(O)C2)n1. The van der Waals surface area contributed by atoms with Crippen LogP contribution in [-0.2, 0) is 11.3 Å². The van der Waals surface area contributed by atoms with Gasteiger partial charge in [-0.2, -0.15) is 0 Å². The largest absolute Gasteiger partial charge is 0.391 e. The summed E-state index contributed by atoms with van der Waals surface area (Å²) in [5, 5.41) is 10.3. The van der Waals surface area contributed by atoms with Gasteiger partial charge in [0, 0.05) is 26.3 Å². The molecule has 1 aromatic rings. The number of nitrogens with zero attached hydrogens (tertiary/aromatic N) is 3. The first kappa shape index (κ1) is 13.5. The Bertz CT molecular complexity index is 416. The van der Waals surface area contributed by atoms with Crippen LogP contribution in [0.25, 0.3) is 0 Å². The topological polar surface area (TPSA) is 58.5 Å². The van der Waals surface area contributed by atoms with Crippen LogP contribution in [0.3, 0.4) is 0 Å². The van der Waals surface area contributed by atoms with Crippen LogP contribution >= 0.6 is 11.6 Å². The molecule has 6 heteroatoms. The predicted octanol–water partition coefficient (Wildman–Crippen LogP) is 1.48. The number of aromatic nitrogens is 2. The average Bonchev–Trinajstić information content (AvgIpc) is 2.32. The normalized spacial score (nSPS) is 24.3. The molecule has 1 N–H and O–H groups in total. The zero-order chi connectivity index (χ0) is 13.1. The van der Waals surface area contributed by atoms with E-state index in [0.29, 0.717) is 30.0 Å². The minimum Gasteiger partial charge on any atom is -0.391 e. The van der Waals surface area contributed by atoms with E-state index in [1.807, 2.05) is 4.90 Å². The van der Waals surface area contributed by atoms with Crippen LogP contribution in [0.1, 0.15) is 19.2 Å². The van der Waals surface area contributed by atoms with Crippen LogP contribution < -0.4 is 4.90 Å². The van der Waals surface area contributed by atoms with E-state index in [1.54, 1.807) is 13.2 Å². The summed E-state index contributed by atoms with van der Waals surface area (Å²) >= 11 is 5.97. The molecule has 0 radical (unpaired) electrons. The van der Waals surface area contributed by atoms with Gasteiger partial charge in [-0.3, -0.25) is 0 Å². The maximum Gasteiger partial charge on any atom is 0.158 e. The van der Waals surface area contributed by atoms with Crippen LogP contribution in [0, 0.1) is 5.92 Å². The number of methoxy groups -OCH3 is 1. The fourth-order valence-electron chi connectivity index (χ4n) is 2.06. The highest BCUT2D eigenvalue weighted by Crippen LogP contribution is 2.23. The van der Waals surface area contributed by atoms with Gasteiger partial charge in [-0.15, -0.1) is 0 Å². The maximum atomic E-state index is 9.91. The standard InChI is InChI=1S/C12H18ClN3O2/c1-8-3-4-16(6-9(8)17)12-5-10(13)14-11(15-12)7-18-2/h5,8-9,17H,3-4,6-7H2,1-2H3. The van der Waals surface area contributed by atoms with Gasteiger partial charge in [0.2, 0.25) is 0 Å². The Labute approximate surface area is 112 Å². The maximum absolute atomic E-state index is 9.91. The number of hydrogen-bond donors (Lipinski definition) is 1. The first-order chi connectivity index (χ1) is 8.60. The smallest absolute Gasteiger partial charge is 0.158 e. The minimum atomic E-state index is -0.321. The van der Waals surface area contributed by atoms with Crippen molar-refractivity contribution in [3.63, 3.8) is 0 Å². The molecule has 0 aliphatic carbocycles. The average molecular weight is 272 g/mol. The molecule has 1 fully saturated rings. The van der Waals surface area contributed by atoms with E-state index in [9.17, 15) is 5.11 Å². The van der Waals surface area contributed by atoms with E-state index in [1.165, 1.54) is 0 Å². The first-order valence-corrected chi connectivity index (χ1v) is 6.43. The third-order valence-corrected chi connectivity index (χ3v) is 3.44. The second-order valence-electron chi connectivity index (χ2n) is 4.68. The van der Waals surface area contributed by atoms with Gasteiger partial charge in [-0.1, -0.05) is 18.5 Å². The Balaban J connectivity index is 2.17. The van der Waals surface area contributed by atoms with Crippen molar-refractivity contribution in [3.8, 4) is 0 Å². The summed E-state index contributed by atoms with van der Waals surface area (Å²) in [6, 6.07) is 1.73. The number of aliphatic hydroxyl groups excluding tert-OH is 1. The molecule has 1 saturated heterocycles. The molecule has 0 aromatic carbocycles. The molecule has 2 rings (SSSR count). The molecular weight excluding hydrogens is 254 g/mol. The quantitative estimate of drug-likeness (QED) is 0.844. The molecule has 100 valence electrons. The molecule has 1 aliphatic rings. The lowest BCUT2D eigenvalue weighted by Gasteiger charge is -2.35. The van der Waals surface area contributed by atoms with Gasteiger partial charge >= 0.3 is 0 Å². The van der Waals surface area contributed by atoms with Crippen LogP contribution in [0.2, 0.25) is 5.15 Å². The van der Waals surface area contributed by atoms with E-state index >= 15 is 0 Å². The zero-order valence-electron chi connectivity index (χ0n) is 10.6. The van der Waals surface area contributed by atoms with Gasteiger partial charge in [0.1, 0.15) is 17.6 Å². The van der Waals surface area contributed by atoms with E-state index in [2.05, 4.69) is 16.9 Å². The molecule has 0 bridgehead atoms. The summed E-state index contributed by atoms with van der Waals surface area (Å²) in [5.74, 6) is 1.65. The number of aliphatic hydroxyl groups is 1. The Hall–Kier alpha value is -0.910. The summed E-state index contributed by atoms with van der Waals surface area (Å²) < 4.78 is 5.01. The minimum absolute atomic E-state index is 0.321.